The number of aromatic nitrogens is 3. The number of amides is 2. The molecular formula is C13H15N5O3. The number of aryl methyl sites for hydroxylation is 1. The van der Waals surface area contributed by atoms with Crippen LogP contribution in [0.25, 0.3) is 11.5 Å². The molecule has 110 valence electrons. The molecule has 3 heterocycles. The predicted molar refractivity (Wildman–Crippen MR) is 71.7 cm³/mol. The highest BCUT2D eigenvalue weighted by atomic mass is 16.3. The van der Waals surface area contributed by atoms with Crippen LogP contribution < -0.4 is 5.43 Å². The van der Waals surface area contributed by atoms with Gasteiger partial charge in [-0.15, -0.1) is 0 Å². The van der Waals surface area contributed by atoms with Gasteiger partial charge in [0, 0.05) is 26.2 Å². The summed E-state index contributed by atoms with van der Waals surface area (Å²) < 4.78 is 6.89. The van der Waals surface area contributed by atoms with Gasteiger partial charge in [0.05, 0.1) is 11.8 Å². The summed E-state index contributed by atoms with van der Waals surface area (Å²) in [6, 6.07) is 0. The normalized spacial score (nSPS) is 15.3. The minimum Gasteiger partial charge on any atom is -0.444 e. The molecule has 8 nitrogen and oxygen atoms in total. The van der Waals surface area contributed by atoms with E-state index < -0.39 is 5.91 Å². The first-order valence-corrected chi connectivity index (χ1v) is 6.69. The van der Waals surface area contributed by atoms with Gasteiger partial charge in [0.15, 0.2) is 5.69 Å². The molecule has 0 spiro atoms. The highest BCUT2D eigenvalue weighted by molar-refractivity contribution is 5.93. The lowest BCUT2D eigenvalue weighted by Crippen LogP contribution is -2.48. The topological polar surface area (TPSA) is 93.3 Å². The van der Waals surface area contributed by atoms with E-state index in [4.69, 9.17) is 4.42 Å². The molecule has 1 aliphatic rings. The van der Waals surface area contributed by atoms with Crippen LogP contribution in [-0.2, 0) is 11.8 Å². The van der Waals surface area contributed by atoms with Crippen molar-refractivity contribution in [3.8, 4) is 11.5 Å². The summed E-state index contributed by atoms with van der Waals surface area (Å²) in [6.07, 6.45) is 6.81. The monoisotopic (exact) mass is 289 g/mol. The minimum atomic E-state index is -0.454. The van der Waals surface area contributed by atoms with Crippen molar-refractivity contribution in [2.45, 2.75) is 19.3 Å². The van der Waals surface area contributed by atoms with Crippen molar-refractivity contribution in [3.05, 3.63) is 24.4 Å². The van der Waals surface area contributed by atoms with E-state index in [2.05, 4.69) is 15.5 Å². The van der Waals surface area contributed by atoms with E-state index in [1.54, 1.807) is 24.1 Å². The number of carbonyl (C=O) groups is 2. The highest BCUT2D eigenvalue weighted by Gasteiger charge is 2.22. The summed E-state index contributed by atoms with van der Waals surface area (Å²) in [5, 5.41) is 5.35. The first kappa shape index (κ1) is 13.3. The van der Waals surface area contributed by atoms with Crippen molar-refractivity contribution < 1.29 is 14.0 Å². The Labute approximate surface area is 120 Å². The molecule has 2 aromatic heterocycles. The lowest BCUT2D eigenvalue weighted by atomic mass is 10.1. The Morgan fingerprint density at radius 2 is 2.29 bits per heavy atom. The molecule has 3 rings (SSSR count). The van der Waals surface area contributed by atoms with Crippen LogP contribution in [0.5, 0.6) is 0 Å². The summed E-state index contributed by atoms with van der Waals surface area (Å²) in [7, 11) is 1.78. The maximum absolute atomic E-state index is 12.1. The molecule has 1 aliphatic heterocycles. The molecule has 8 heteroatoms. The Bertz CT molecular complexity index is 675. The smallest absolute Gasteiger partial charge is 0.291 e. The lowest BCUT2D eigenvalue weighted by molar-refractivity contribution is -0.135. The maximum atomic E-state index is 12.1. The van der Waals surface area contributed by atoms with Crippen molar-refractivity contribution >= 4 is 11.8 Å². The summed E-state index contributed by atoms with van der Waals surface area (Å²) >= 11 is 0. The van der Waals surface area contributed by atoms with E-state index >= 15 is 0 Å². The third-order valence-corrected chi connectivity index (χ3v) is 3.25. The molecule has 0 saturated carbocycles. The van der Waals surface area contributed by atoms with E-state index in [-0.39, 0.29) is 11.6 Å². The van der Waals surface area contributed by atoms with Crippen LogP contribution in [0.1, 0.15) is 29.8 Å². The van der Waals surface area contributed by atoms with Crippen LogP contribution in [0, 0.1) is 0 Å². The van der Waals surface area contributed by atoms with Gasteiger partial charge in [-0.25, -0.2) is 4.98 Å². The third-order valence-electron chi connectivity index (χ3n) is 3.25. The van der Waals surface area contributed by atoms with Crippen LogP contribution in [0.2, 0.25) is 0 Å². The molecule has 1 N–H and O–H groups in total. The van der Waals surface area contributed by atoms with Gasteiger partial charge in [0.25, 0.3) is 5.91 Å². The number of oxazole rings is 1. The molecule has 21 heavy (non-hydrogen) atoms. The van der Waals surface area contributed by atoms with Gasteiger partial charge in [-0.2, -0.15) is 5.10 Å². The van der Waals surface area contributed by atoms with Crippen LogP contribution in [-0.4, -0.2) is 38.1 Å². The zero-order valence-corrected chi connectivity index (χ0v) is 11.6. The molecule has 0 bridgehead atoms. The second kappa shape index (κ2) is 5.39. The first-order chi connectivity index (χ1) is 10.1. The van der Waals surface area contributed by atoms with E-state index in [1.807, 2.05) is 0 Å². The Kier molecular flexibility index (Phi) is 3.43. The number of nitrogens with zero attached hydrogens (tertiary/aromatic N) is 4. The molecule has 0 atom stereocenters. The van der Waals surface area contributed by atoms with Crippen LogP contribution in [0.3, 0.4) is 0 Å². The first-order valence-electron chi connectivity index (χ1n) is 6.69. The summed E-state index contributed by atoms with van der Waals surface area (Å²) in [5.74, 6) is -0.215. The number of nitrogens with one attached hydrogen (secondary N) is 1. The molecule has 1 fully saturated rings. The lowest BCUT2D eigenvalue weighted by Gasteiger charge is -2.26. The minimum absolute atomic E-state index is 0.0782. The molecule has 0 unspecified atom stereocenters. The van der Waals surface area contributed by atoms with Crippen molar-refractivity contribution in [2.75, 3.05) is 6.54 Å². The zero-order chi connectivity index (χ0) is 14.8. The molecule has 2 amide bonds. The Balaban J connectivity index is 1.70. The van der Waals surface area contributed by atoms with Crippen molar-refractivity contribution in [2.24, 2.45) is 7.05 Å². The van der Waals surface area contributed by atoms with Gasteiger partial charge in [0.2, 0.25) is 11.8 Å². The summed E-state index contributed by atoms with van der Waals surface area (Å²) in [6.45, 7) is 0.526. The molecule has 2 aromatic rings. The fourth-order valence-electron chi connectivity index (χ4n) is 2.15. The quantitative estimate of drug-likeness (QED) is 0.899. The Morgan fingerprint density at radius 3 is 3.00 bits per heavy atom. The van der Waals surface area contributed by atoms with Gasteiger partial charge in [-0.05, 0) is 12.8 Å². The van der Waals surface area contributed by atoms with E-state index in [9.17, 15) is 9.59 Å². The molecule has 0 aromatic carbocycles. The van der Waals surface area contributed by atoms with Crippen molar-refractivity contribution in [1.29, 1.82) is 0 Å². The number of hydrazine groups is 1. The Morgan fingerprint density at radius 1 is 1.43 bits per heavy atom. The van der Waals surface area contributed by atoms with Gasteiger partial charge < -0.3 is 4.42 Å². The second-order valence-corrected chi connectivity index (χ2v) is 4.88. The molecule has 0 radical (unpaired) electrons. The summed E-state index contributed by atoms with van der Waals surface area (Å²) in [4.78, 5) is 27.8. The molecule has 0 aliphatic carbocycles. The summed E-state index contributed by atoms with van der Waals surface area (Å²) in [5.41, 5.74) is 3.37. The molecule has 1 saturated heterocycles. The number of hydrogen-bond acceptors (Lipinski definition) is 5. The van der Waals surface area contributed by atoms with Crippen LogP contribution in [0.15, 0.2) is 23.1 Å². The number of rotatable bonds is 3. The van der Waals surface area contributed by atoms with E-state index in [1.165, 1.54) is 11.3 Å². The van der Waals surface area contributed by atoms with Gasteiger partial charge >= 0.3 is 0 Å². The number of carbonyl (C=O) groups excluding carboxylic acids is 2. The average molecular weight is 289 g/mol. The molecular weight excluding hydrogens is 274 g/mol. The zero-order valence-electron chi connectivity index (χ0n) is 11.6. The number of piperidine rings is 1. The average Bonchev–Trinajstić information content (AvgIpc) is 3.10. The van der Waals surface area contributed by atoms with Crippen molar-refractivity contribution in [3.63, 3.8) is 0 Å². The fraction of sp³-hybridized carbons (Fsp3) is 0.385. The van der Waals surface area contributed by atoms with E-state index in [0.29, 0.717) is 24.4 Å². The maximum Gasteiger partial charge on any atom is 0.291 e. The SMILES string of the molecule is Cn1cc(-c2nc(C(=O)NN3CCCCC3=O)co2)cn1. The standard InChI is InChI=1S/C13H15N5O3/c1-17-7-9(6-14-17)13-15-10(8-21-13)12(20)16-18-5-3-2-4-11(18)19/h6-8H,2-5H2,1H3,(H,16,20). The third kappa shape index (κ3) is 2.78. The van der Waals surface area contributed by atoms with Crippen LogP contribution >= 0.6 is 0 Å². The predicted octanol–water partition coefficient (Wildman–Crippen LogP) is 0.732. The van der Waals surface area contributed by atoms with Crippen molar-refractivity contribution in [1.82, 2.24) is 25.2 Å². The van der Waals surface area contributed by atoms with E-state index in [0.717, 1.165) is 12.8 Å². The van der Waals surface area contributed by atoms with Crippen LogP contribution in [0.4, 0.5) is 0 Å². The Hall–Kier alpha value is -2.64. The highest BCUT2D eigenvalue weighted by Crippen LogP contribution is 2.17. The van der Waals surface area contributed by atoms with Gasteiger partial charge in [-0.3, -0.25) is 24.7 Å². The van der Waals surface area contributed by atoms with Gasteiger partial charge in [0.1, 0.15) is 6.26 Å². The fourth-order valence-corrected chi connectivity index (χ4v) is 2.15. The number of hydrogen-bond donors (Lipinski definition) is 1. The largest absolute Gasteiger partial charge is 0.444 e. The van der Waals surface area contributed by atoms with Gasteiger partial charge in [-0.1, -0.05) is 0 Å². The second-order valence-electron chi connectivity index (χ2n) is 4.88.